The van der Waals surface area contributed by atoms with Crippen LogP contribution in [0, 0.1) is 12.8 Å². The molecule has 46 heteroatoms. The van der Waals surface area contributed by atoms with Crippen LogP contribution in [0.5, 0.6) is 23.0 Å². The van der Waals surface area contributed by atoms with Gasteiger partial charge >= 0.3 is 6.09 Å². The Morgan fingerprint density at radius 2 is 1.14 bits per heavy atom. The van der Waals surface area contributed by atoms with Crippen LogP contribution in [0.4, 0.5) is 10.6 Å². The molecule has 19 atom stereocenters. The van der Waals surface area contributed by atoms with Gasteiger partial charge in [0.25, 0.3) is 11.8 Å². The molecule has 6 heterocycles. The van der Waals surface area contributed by atoms with Gasteiger partial charge in [-0.05, 0) is 111 Å². The van der Waals surface area contributed by atoms with E-state index in [0.717, 1.165) is 65.4 Å². The molecule has 2 aliphatic rings. The van der Waals surface area contributed by atoms with Crippen molar-refractivity contribution >= 4 is 75.9 Å². The number of hydrogen-bond acceptors (Lipinski definition) is 37. The van der Waals surface area contributed by atoms with Gasteiger partial charge < -0.3 is 154 Å². The van der Waals surface area contributed by atoms with Crippen molar-refractivity contribution in [1.29, 1.82) is 0 Å². The summed E-state index contributed by atoms with van der Waals surface area (Å²) in [6, 6.07) is 44.3. The van der Waals surface area contributed by atoms with Crippen LogP contribution in [-0.4, -0.2) is 285 Å². The van der Waals surface area contributed by atoms with Crippen LogP contribution in [-0.2, 0) is 93.6 Å². The number of primary amides is 3. The van der Waals surface area contributed by atoms with Gasteiger partial charge in [0, 0.05) is 74.6 Å². The van der Waals surface area contributed by atoms with Crippen molar-refractivity contribution in [3.05, 3.63) is 248 Å². The Morgan fingerprint density at radius 1 is 0.579 bits per heavy atom. The van der Waals surface area contributed by atoms with Gasteiger partial charge in [0.1, 0.15) is 121 Å². The maximum atomic E-state index is 15.4. The van der Waals surface area contributed by atoms with Crippen LogP contribution in [0.3, 0.4) is 0 Å². The number of H-pyrrole nitrogens is 1. The summed E-state index contributed by atoms with van der Waals surface area (Å²) >= 11 is 2.49. The molecule has 778 valence electrons. The van der Waals surface area contributed by atoms with E-state index in [0.29, 0.717) is 97.7 Å². The molecule has 25 N–H and O–H groups in total. The minimum absolute atomic E-state index is 0.0463. The van der Waals surface area contributed by atoms with Crippen molar-refractivity contribution in [3.8, 4) is 33.7 Å². The molecule has 0 radical (unpaired) electrons. The van der Waals surface area contributed by atoms with E-state index >= 15 is 9.59 Å². The molecule has 0 saturated carbocycles. The van der Waals surface area contributed by atoms with E-state index in [4.69, 9.17) is 76.3 Å². The molecule has 0 bridgehead atoms. The Hall–Kier alpha value is -13.2. The molecule has 0 spiro atoms. The fraction of sp³-hybridized carbons (Fsp3) is 0.424. The highest BCUT2D eigenvalue weighted by atomic mass is 32.1. The van der Waals surface area contributed by atoms with Crippen LogP contribution < -0.4 is 79.5 Å². The number of carbonyl (C=O) groups excluding carboxylic acids is 8. The fourth-order valence-corrected chi connectivity index (χ4v) is 17.5. The maximum absolute atomic E-state index is 15.4. The number of imidazole rings is 1. The first-order valence-electron chi connectivity index (χ1n) is 47.0. The Morgan fingerprint density at radius 3 is 1.69 bits per heavy atom. The second kappa shape index (κ2) is 54.1. The van der Waals surface area contributed by atoms with Crippen molar-refractivity contribution < 1.29 is 122 Å². The molecule has 2 aliphatic heterocycles. The van der Waals surface area contributed by atoms with Gasteiger partial charge in [-0.3, -0.25) is 38.5 Å². The molecule has 2 fully saturated rings. The van der Waals surface area contributed by atoms with E-state index < -0.39 is 183 Å². The highest BCUT2D eigenvalue weighted by molar-refractivity contribution is 7.14. The molecule has 12 rings (SSSR count). The fourth-order valence-electron chi connectivity index (χ4n) is 15.9. The first-order chi connectivity index (χ1) is 69.7. The number of ether oxygens (including phenoxy) is 9. The van der Waals surface area contributed by atoms with Crippen molar-refractivity contribution in [3.63, 3.8) is 0 Å². The third kappa shape index (κ3) is 31.7. The molecule has 44 nitrogen and oxygen atoms in total. The third-order valence-electron chi connectivity index (χ3n) is 24.0. The first kappa shape index (κ1) is 111. The average Bonchev–Trinajstić information content (AvgIpc) is 1.17. The number of aliphatic hydroxyl groups excluding tert-OH is 8. The number of thiazole rings is 2. The van der Waals surface area contributed by atoms with E-state index in [1.165, 1.54) is 50.4 Å². The number of nitrogens with zero attached hydrogens (tertiary/aromatic N) is 7. The average molecular weight is 2050 g/mol. The van der Waals surface area contributed by atoms with Crippen LogP contribution in [0.15, 0.2) is 181 Å². The minimum atomic E-state index is -2.22. The molecule has 8 amide bonds. The lowest BCUT2D eigenvalue weighted by Crippen LogP contribution is -2.65. The molecular formula is C99H125N19O25S2. The lowest BCUT2D eigenvalue weighted by Gasteiger charge is -2.47. The topological polar surface area (TPSA) is 670 Å². The predicted octanol–water partition coefficient (Wildman–Crippen LogP) is 1.76. The van der Waals surface area contributed by atoms with Crippen LogP contribution in [0.2, 0.25) is 0 Å². The summed E-state index contributed by atoms with van der Waals surface area (Å²) in [5, 5.41) is 109. The van der Waals surface area contributed by atoms with Gasteiger partial charge in [-0.1, -0.05) is 140 Å². The Labute approximate surface area is 843 Å². The number of carbonyl (C=O) groups is 8. The number of nitrogens with two attached hydrogens (primary N) is 5. The highest BCUT2D eigenvalue weighted by Crippen LogP contribution is 2.38. The van der Waals surface area contributed by atoms with Crippen LogP contribution in [0.25, 0.3) is 10.7 Å². The van der Waals surface area contributed by atoms with Crippen molar-refractivity contribution in [2.24, 2.45) is 28.9 Å². The SMILES string of the molecule is Cc1c(N)nc([C@H](CC(N)=O)NC[C@H](N)C(N)=O)nc1C(=O)N[C@H](C(=O)N[C@H](C)[C@@H](O)[C@H](C)C(=O)N[C@H](C(=O)NCCc1nc(-c2nc(C(=O)NCCCN(C)CCCN(Cc3ccc(OCc4ccccc4)c(OCc4ccccc4)c3)Cc3ccc(OCc4ccccc4)c(OCc4ccccc4)c3)cs2)cs1)[C@@H](C)O)[C@@H](O[C@@H]1O[C@@H](CO)[C@@H](O)[C@H](O)[C@@H]1O[C@H]1O[C@H](CO)[C@@H](O)[C@H](OC(N)=O)[C@@H]1O)c1c[nH]cn1. The summed E-state index contributed by atoms with van der Waals surface area (Å²) in [4.78, 5) is 138. The number of benzene rings is 6. The van der Waals surface area contributed by atoms with Crippen molar-refractivity contribution in [1.82, 2.24) is 71.6 Å². The van der Waals surface area contributed by atoms with E-state index in [1.54, 1.807) is 10.8 Å². The van der Waals surface area contributed by atoms with E-state index in [9.17, 15) is 69.6 Å². The van der Waals surface area contributed by atoms with Gasteiger partial charge in [0.05, 0.1) is 66.5 Å². The Balaban J connectivity index is 0.659. The number of amides is 8. The van der Waals surface area contributed by atoms with E-state index in [1.807, 2.05) is 133 Å². The van der Waals surface area contributed by atoms with Gasteiger partial charge in [0.15, 0.2) is 41.7 Å². The summed E-state index contributed by atoms with van der Waals surface area (Å²) in [6.07, 6.45) is -24.0. The number of aromatic amines is 1. The molecule has 0 unspecified atom stereocenters. The van der Waals surface area contributed by atoms with Crippen LogP contribution in [0.1, 0.15) is 129 Å². The molecule has 4 aromatic heterocycles. The van der Waals surface area contributed by atoms with Crippen molar-refractivity contribution in [2.75, 3.05) is 65.3 Å². The molecule has 6 aromatic carbocycles. The molecular weight excluding hydrogens is 1920 g/mol. The number of hydrogen-bond donors (Lipinski definition) is 20. The number of nitrogen functional groups attached to an aromatic ring is 1. The zero-order valence-electron chi connectivity index (χ0n) is 80.4. The largest absolute Gasteiger partial charge is 0.485 e. The second-order valence-electron chi connectivity index (χ2n) is 35.1. The standard InChI is InChI=1S/C99H125N19O25S2/c1-54-77(113-90(116-88(54)102)65(40-75(101)122)108-41-64(100)89(103)128)94(132)115-79(85(66-42-105-53-109-66)141-98-87(83(126)81(124)73(45-119)140-98)142-97-84(127)86(143-99(104)134)82(125)74(46-120)139-97)95(133)110-56(3)80(123)55(2)91(129)114-78(57(4)121)93(131)107-34-32-76-111-68(52-144-76)96-112-67(51-145-96)92(130)106-33-18-35-117(5)36-19-37-118(43-62-28-30-69(135-47-58-20-10-6-11-21-58)71(38-62)137-49-60-24-14-8-15-25-60)44-63-29-31-70(136-48-59-22-12-7-13-23-59)72(39-63)138-50-61-26-16-9-17-27-61/h6-17,20-31,38-39,42,51-53,55-57,64-65,73-74,78-87,97-98,108,119-121,123-127H,18-19,32-37,40-41,43-50,100H2,1-5H3,(H2,101,122)(H2,103,128)(H2,104,134)(H,105,109)(H,106,130)(H,107,131)(H,110,133)(H,114,129)(H,115,132)(H2,102,113,116)/t55-,56+,57+,64-,65-,73-,74+,78-,79-,80-,81+,82+,83-,84-,85-,86-,87-,97+,98-/m0/s1. The lowest BCUT2D eigenvalue weighted by atomic mass is 9.96. The lowest BCUT2D eigenvalue weighted by molar-refractivity contribution is -0.372. The van der Waals surface area contributed by atoms with Crippen molar-refractivity contribution in [2.45, 2.75) is 203 Å². The zero-order valence-corrected chi connectivity index (χ0v) is 82.0. The number of aromatic nitrogens is 6. The Kier molecular flexibility index (Phi) is 41.3. The molecule has 2 saturated heterocycles. The number of nitrogens with one attached hydrogen (secondary N) is 7. The summed E-state index contributed by atoms with van der Waals surface area (Å²) in [5.74, 6) is -6.36. The van der Waals surface area contributed by atoms with Crippen LogP contribution >= 0.6 is 22.7 Å². The quantitative estimate of drug-likeness (QED) is 0.0241. The minimum Gasteiger partial charge on any atom is -0.485 e. The Bertz CT molecular complexity index is 5720. The maximum Gasteiger partial charge on any atom is 0.404 e. The smallest absolute Gasteiger partial charge is 0.404 e. The summed E-state index contributed by atoms with van der Waals surface area (Å²) < 4.78 is 54.9. The van der Waals surface area contributed by atoms with Gasteiger partial charge in [0.2, 0.25) is 29.5 Å². The summed E-state index contributed by atoms with van der Waals surface area (Å²) in [5.41, 5.74) is 34.3. The zero-order chi connectivity index (χ0) is 104. The molecule has 10 aromatic rings. The van der Waals surface area contributed by atoms with Gasteiger partial charge in [-0.2, -0.15) is 0 Å². The van der Waals surface area contributed by atoms with E-state index in [-0.39, 0.29) is 54.0 Å². The number of aliphatic hydroxyl groups is 8. The van der Waals surface area contributed by atoms with Gasteiger partial charge in [-0.25, -0.2) is 29.7 Å². The molecule has 145 heavy (non-hydrogen) atoms. The summed E-state index contributed by atoms with van der Waals surface area (Å²) in [7, 11) is 2.06. The van der Waals surface area contributed by atoms with E-state index in [2.05, 4.69) is 97.9 Å². The summed E-state index contributed by atoms with van der Waals surface area (Å²) in [6.45, 7) is 7.70. The monoisotopic (exact) mass is 2040 g/mol. The third-order valence-corrected chi connectivity index (χ3v) is 25.8. The number of anilines is 1. The second-order valence-corrected chi connectivity index (χ2v) is 36.9. The predicted molar refractivity (Wildman–Crippen MR) is 527 cm³/mol. The number of rotatable bonds is 55. The van der Waals surface area contributed by atoms with Gasteiger partial charge in [-0.15, -0.1) is 22.7 Å². The molecule has 0 aliphatic carbocycles. The normalized spacial score (nSPS) is 19.7. The first-order valence-corrected chi connectivity index (χ1v) is 48.7. The highest BCUT2D eigenvalue weighted by Gasteiger charge is 2.54.